The van der Waals surface area contributed by atoms with E-state index in [1.54, 1.807) is 0 Å². The zero-order valence-electron chi connectivity index (χ0n) is 2.06. The maximum Gasteiger partial charge on any atom is 0.303 e. The quantitative estimate of drug-likeness (QED) is 0.605. The van der Waals surface area contributed by atoms with Gasteiger partial charge < -0.3 is 0 Å². The first kappa shape index (κ1) is 16.5. The minimum atomic E-state index is -1.42. The Morgan fingerprint density at radius 3 is 1.20 bits per heavy atom. The normalized spacial score (nSPS) is 2.40. The third-order valence-electron chi connectivity index (χ3n) is 0. The van der Waals surface area contributed by atoms with Crippen LogP contribution in [0.5, 0.6) is 0 Å². The molecule has 0 aromatic carbocycles. The molecule has 5 heteroatoms. The summed E-state index contributed by atoms with van der Waals surface area (Å²) < 4.78 is 16.8. The monoisotopic (exact) mass is 307 g/mol. The molecular weight excluding hydrogens is 306 g/mol. The van der Waals surface area contributed by atoms with E-state index >= 15 is 0 Å². The fraction of sp³-hybridized carbons (Fsp3) is 0. The second-order valence-corrected chi connectivity index (χ2v) is 0.250. The number of hydrogen-bond donors (Lipinski definition) is 0. The van der Waals surface area contributed by atoms with Crippen molar-refractivity contribution in [1.29, 1.82) is 0 Å². The SMILES string of the molecule is O=[PH]=O.[Co].[W]. The van der Waals surface area contributed by atoms with Gasteiger partial charge in [0.05, 0.1) is 0 Å². The van der Waals surface area contributed by atoms with Crippen molar-refractivity contribution < 1.29 is 47.0 Å². The van der Waals surface area contributed by atoms with E-state index in [1.807, 2.05) is 0 Å². The molecule has 0 bridgehead atoms. The predicted octanol–water partition coefficient (Wildman–Crippen LogP) is 0.351. The van der Waals surface area contributed by atoms with Gasteiger partial charge in [0.25, 0.3) is 0 Å². The van der Waals surface area contributed by atoms with Gasteiger partial charge in [0.2, 0.25) is 0 Å². The van der Waals surface area contributed by atoms with E-state index in [0.29, 0.717) is 0 Å². The van der Waals surface area contributed by atoms with Gasteiger partial charge in [0.1, 0.15) is 0 Å². The van der Waals surface area contributed by atoms with Crippen molar-refractivity contribution in [3.63, 3.8) is 0 Å². The Morgan fingerprint density at radius 1 is 1.20 bits per heavy atom. The maximum atomic E-state index is 8.40. The summed E-state index contributed by atoms with van der Waals surface area (Å²) in [5.41, 5.74) is 0. The van der Waals surface area contributed by atoms with E-state index in [4.69, 9.17) is 9.13 Å². The molecule has 0 heterocycles. The molecule has 0 amide bonds. The molecule has 33 valence electrons. The predicted molar refractivity (Wildman–Crippen MR) is 9.69 cm³/mol. The average Bonchev–Trinajstić information content (AvgIpc) is 0.918. The van der Waals surface area contributed by atoms with Crippen molar-refractivity contribution in [2.75, 3.05) is 0 Å². The summed E-state index contributed by atoms with van der Waals surface area (Å²) in [6.07, 6.45) is 0. The van der Waals surface area contributed by atoms with Gasteiger partial charge in [-0.05, 0) is 0 Å². The standard InChI is InChI=1S/Co.HO2P.W/c;1-3-2;/h;3H;. The van der Waals surface area contributed by atoms with Crippen LogP contribution in [0, 0.1) is 0 Å². The second kappa shape index (κ2) is 19.5. The molecule has 0 aliphatic heterocycles. The first-order valence-electron chi connectivity index (χ1n) is 0.408. The van der Waals surface area contributed by atoms with E-state index in [9.17, 15) is 0 Å². The Bertz CT molecular complexity index is 30.6. The van der Waals surface area contributed by atoms with Gasteiger partial charge in [-0.1, -0.05) is 0 Å². The first-order chi connectivity index (χ1) is 1.41. The van der Waals surface area contributed by atoms with E-state index < -0.39 is 8.34 Å². The van der Waals surface area contributed by atoms with Crippen molar-refractivity contribution in [3.8, 4) is 0 Å². The summed E-state index contributed by atoms with van der Waals surface area (Å²) in [7, 11) is -1.42. The molecule has 5 heavy (non-hydrogen) atoms. The summed E-state index contributed by atoms with van der Waals surface area (Å²) >= 11 is 0. The molecule has 0 aliphatic rings. The zero-order valence-corrected chi connectivity index (χ0v) is 7.03. The van der Waals surface area contributed by atoms with Crippen LogP contribution in [0.4, 0.5) is 0 Å². The Labute approximate surface area is 55.4 Å². The largest absolute Gasteiger partial charge is 0.303 e. The Morgan fingerprint density at radius 2 is 1.20 bits per heavy atom. The van der Waals surface area contributed by atoms with Crippen molar-refractivity contribution in [2.24, 2.45) is 0 Å². The van der Waals surface area contributed by atoms with Crippen LogP contribution in [0.3, 0.4) is 0 Å². The third-order valence-corrected chi connectivity index (χ3v) is 0. The molecule has 0 unspecified atom stereocenters. The van der Waals surface area contributed by atoms with Gasteiger partial charge in [-0.15, -0.1) is 0 Å². The summed E-state index contributed by atoms with van der Waals surface area (Å²) in [5, 5.41) is 0. The van der Waals surface area contributed by atoms with Crippen LogP contribution in [0.25, 0.3) is 0 Å². The molecule has 0 rings (SSSR count). The molecule has 0 aliphatic carbocycles. The fourth-order valence-electron chi connectivity index (χ4n) is 0. The Kier molecular flexibility index (Phi) is 64.3. The van der Waals surface area contributed by atoms with Crippen LogP contribution in [0.15, 0.2) is 0 Å². The minimum absolute atomic E-state index is 0. The number of hydrogen-bond acceptors (Lipinski definition) is 2. The molecule has 1 radical (unpaired) electrons. The van der Waals surface area contributed by atoms with Crippen molar-refractivity contribution in [3.05, 3.63) is 0 Å². The molecule has 0 aromatic rings. The van der Waals surface area contributed by atoms with Gasteiger partial charge in [-0.3, -0.25) is 0 Å². The molecule has 0 saturated carbocycles. The smallest absolute Gasteiger partial charge is 0.241 e. The van der Waals surface area contributed by atoms with Crippen LogP contribution in [0.2, 0.25) is 0 Å². The van der Waals surface area contributed by atoms with Gasteiger partial charge in [-0.25, -0.2) is 9.13 Å². The van der Waals surface area contributed by atoms with Crippen molar-refractivity contribution in [2.45, 2.75) is 0 Å². The van der Waals surface area contributed by atoms with E-state index in [1.165, 1.54) is 0 Å². The van der Waals surface area contributed by atoms with Gasteiger partial charge >= 0.3 is 8.34 Å². The molecule has 0 spiro atoms. The van der Waals surface area contributed by atoms with E-state index in [0.717, 1.165) is 0 Å². The average molecular weight is 307 g/mol. The molecule has 0 atom stereocenters. The Balaban J connectivity index is -0.0000000200. The van der Waals surface area contributed by atoms with Crippen molar-refractivity contribution in [1.82, 2.24) is 0 Å². The fourth-order valence-corrected chi connectivity index (χ4v) is 0. The molecule has 0 aromatic heterocycles. The van der Waals surface area contributed by atoms with Crippen LogP contribution in [-0.4, -0.2) is 0 Å². The summed E-state index contributed by atoms with van der Waals surface area (Å²) in [6, 6.07) is 0. The summed E-state index contributed by atoms with van der Waals surface area (Å²) in [5.74, 6) is 0. The van der Waals surface area contributed by atoms with Gasteiger partial charge in [-0.2, -0.15) is 0 Å². The number of rotatable bonds is 0. The Hall–Kier alpha value is 1.09. The second-order valence-electron chi connectivity index (χ2n) is 0.0833. The van der Waals surface area contributed by atoms with Crippen LogP contribution in [-0.2, 0) is 47.0 Å². The van der Waals surface area contributed by atoms with E-state index in [2.05, 4.69) is 0 Å². The first-order valence-corrected chi connectivity index (χ1v) is 1.22. The van der Waals surface area contributed by atoms with Crippen LogP contribution >= 0.6 is 8.34 Å². The van der Waals surface area contributed by atoms with Gasteiger partial charge in [0.15, 0.2) is 0 Å². The molecule has 0 fully saturated rings. The van der Waals surface area contributed by atoms with Crippen LogP contribution in [0.1, 0.15) is 0 Å². The third kappa shape index (κ3) is 40.7. The zero-order chi connectivity index (χ0) is 2.71. The van der Waals surface area contributed by atoms with Crippen molar-refractivity contribution >= 4 is 8.34 Å². The van der Waals surface area contributed by atoms with Gasteiger partial charge in [0, 0.05) is 37.8 Å². The molecular formula is HCoO2PW. The summed E-state index contributed by atoms with van der Waals surface area (Å²) in [6.45, 7) is 0. The molecule has 2 nitrogen and oxygen atoms in total. The summed E-state index contributed by atoms with van der Waals surface area (Å²) in [4.78, 5) is 0. The maximum absolute atomic E-state index is 8.40. The molecule has 0 saturated heterocycles. The minimum Gasteiger partial charge on any atom is -0.241 e. The van der Waals surface area contributed by atoms with Crippen LogP contribution < -0.4 is 0 Å². The molecule has 0 N–H and O–H groups in total. The topological polar surface area (TPSA) is 34.1 Å². The van der Waals surface area contributed by atoms with E-state index in [-0.39, 0.29) is 37.8 Å².